The zero-order chi connectivity index (χ0) is 15.5. The summed E-state index contributed by atoms with van der Waals surface area (Å²) < 4.78 is 0. The first-order valence-corrected chi connectivity index (χ1v) is 6.64. The number of carbonyl (C=O) groups is 1. The van der Waals surface area contributed by atoms with E-state index in [1.807, 2.05) is 36.4 Å². The van der Waals surface area contributed by atoms with Gasteiger partial charge in [-0.25, -0.2) is 9.78 Å². The van der Waals surface area contributed by atoms with Crippen molar-refractivity contribution < 1.29 is 9.90 Å². The molecule has 0 unspecified atom stereocenters. The maximum atomic E-state index is 12.0. The molecule has 0 aliphatic heterocycles. The number of aromatic amines is 1. The number of nitrogens with zero attached hydrogens (tertiary/aromatic N) is 1. The number of hydrogen-bond donors (Lipinski definition) is 2. The molecule has 3 aromatic rings. The monoisotopic (exact) mass is 292 g/mol. The molecule has 1 heterocycles. The molecule has 0 atom stereocenters. The van der Waals surface area contributed by atoms with Crippen LogP contribution in [0.3, 0.4) is 0 Å². The zero-order valence-corrected chi connectivity index (χ0v) is 11.5. The third-order valence-electron chi connectivity index (χ3n) is 3.21. The molecule has 2 N–H and O–H groups in total. The molecule has 0 bridgehead atoms. The number of carboxylic acid groups (broad SMARTS) is 1. The highest BCUT2D eigenvalue weighted by atomic mass is 16.4. The number of fused-ring (bicyclic) bond motifs is 1. The van der Waals surface area contributed by atoms with Crippen LogP contribution in [0, 0.1) is 0 Å². The molecule has 0 aliphatic rings. The summed E-state index contributed by atoms with van der Waals surface area (Å²) in [6.45, 7) is 0. The predicted octanol–water partition coefficient (Wildman–Crippen LogP) is 2.79. The van der Waals surface area contributed by atoms with E-state index < -0.39 is 5.97 Å². The average Bonchev–Trinajstić information content (AvgIpc) is 2.53. The van der Waals surface area contributed by atoms with E-state index in [0.29, 0.717) is 16.7 Å². The number of aromatic carboxylic acids is 1. The van der Waals surface area contributed by atoms with E-state index in [0.717, 1.165) is 5.56 Å². The first-order chi connectivity index (χ1) is 10.6. The van der Waals surface area contributed by atoms with Crippen LogP contribution in [0.2, 0.25) is 0 Å². The first kappa shape index (κ1) is 13.8. The number of carboxylic acids is 1. The molecule has 3 rings (SSSR count). The molecule has 0 spiro atoms. The van der Waals surface area contributed by atoms with Crippen molar-refractivity contribution in [1.82, 2.24) is 9.97 Å². The maximum Gasteiger partial charge on any atom is 0.335 e. The third kappa shape index (κ3) is 2.78. The van der Waals surface area contributed by atoms with Crippen LogP contribution < -0.4 is 5.56 Å². The smallest absolute Gasteiger partial charge is 0.335 e. The number of hydrogen-bond acceptors (Lipinski definition) is 3. The first-order valence-electron chi connectivity index (χ1n) is 6.64. The molecule has 1 aromatic heterocycles. The molecule has 0 aliphatic carbocycles. The van der Waals surface area contributed by atoms with E-state index in [4.69, 9.17) is 5.11 Å². The Bertz CT molecular complexity index is 928. The summed E-state index contributed by atoms with van der Waals surface area (Å²) in [7, 11) is 0. The Morgan fingerprint density at radius 2 is 1.86 bits per heavy atom. The number of rotatable bonds is 3. The summed E-state index contributed by atoms with van der Waals surface area (Å²) in [5.74, 6) is -0.672. The molecule has 0 fully saturated rings. The predicted molar refractivity (Wildman–Crippen MR) is 84.7 cm³/mol. The molecule has 0 saturated carbocycles. The number of H-pyrrole nitrogens is 1. The fraction of sp³-hybridized carbons (Fsp3) is 0. The van der Waals surface area contributed by atoms with Gasteiger partial charge in [-0.3, -0.25) is 4.79 Å². The Morgan fingerprint density at radius 3 is 2.59 bits per heavy atom. The second kappa shape index (κ2) is 5.65. The average molecular weight is 292 g/mol. The SMILES string of the molecule is O=C(O)c1ccc2c(=O)[nH]c(C=Cc3ccccc3)nc2c1. The highest BCUT2D eigenvalue weighted by molar-refractivity contribution is 5.93. The second-order valence-corrected chi connectivity index (χ2v) is 4.73. The summed E-state index contributed by atoms with van der Waals surface area (Å²) in [5, 5.41) is 9.37. The van der Waals surface area contributed by atoms with Crippen molar-refractivity contribution in [2.45, 2.75) is 0 Å². The minimum Gasteiger partial charge on any atom is -0.478 e. The van der Waals surface area contributed by atoms with Gasteiger partial charge in [-0.1, -0.05) is 36.4 Å². The topological polar surface area (TPSA) is 83.0 Å². The van der Waals surface area contributed by atoms with Crippen LogP contribution in [-0.4, -0.2) is 21.0 Å². The molecule has 108 valence electrons. The van der Waals surface area contributed by atoms with Gasteiger partial charge in [-0.15, -0.1) is 0 Å². The van der Waals surface area contributed by atoms with Crippen molar-refractivity contribution in [1.29, 1.82) is 0 Å². The van der Waals surface area contributed by atoms with Crippen LogP contribution in [0.5, 0.6) is 0 Å². The van der Waals surface area contributed by atoms with Gasteiger partial charge >= 0.3 is 5.97 Å². The zero-order valence-electron chi connectivity index (χ0n) is 11.5. The summed E-state index contributed by atoms with van der Waals surface area (Å²) in [4.78, 5) is 30.0. The fourth-order valence-electron chi connectivity index (χ4n) is 2.11. The molecule has 5 heteroatoms. The summed E-state index contributed by atoms with van der Waals surface area (Å²) in [5.41, 5.74) is 1.14. The lowest BCUT2D eigenvalue weighted by atomic mass is 10.1. The van der Waals surface area contributed by atoms with E-state index >= 15 is 0 Å². The lowest BCUT2D eigenvalue weighted by Crippen LogP contribution is -2.10. The van der Waals surface area contributed by atoms with Crippen molar-refractivity contribution in [3.63, 3.8) is 0 Å². The molecule has 22 heavy (non-hydrogen) atoms. The summed E-state index contributed by atoms with van der Waals surface area (Å²) in [6.07, 6.45) is 3.51. The molecule has 0 saturated heterocycles. The Labute approximate surface area is 125 Å². The standard InChI is InChI=1S/C17H12N2O3/c20-16-13-8-7-12(17(21)22)10-14(13)18-15(19-16)9-6-11-4-2-1-3-5-11/h1-10H,(H,21,22)(H,18,19,20). The molecule has 2 aromatic carbocycles. The second-order valence-electron chi connectivity index (χ2n) is 4.73. The van der Waals surface area contributed by atoms with Gasteiger partial charge in [0.05, 0.1) is 16.5 Å². The van der Waals surface area contributed by atoms with E-state index in [2.05, 4.69) is 9.97 Å². The number of benzene rings is 2. The quantitative estimate of drug-likeness (QED) is 0.777. The highest BCUT2D eigenvalue weighted by Crippen LogP contribution is 2.12. The fourth-order valence-corrected chi connectivity index (χ4v) is 2.11. The number of aromatic nitrogens is 2. The largest absolute Gasteiger partial charge is 0.478 e. The van der Waals surface area contributed by atoms with Crippen molar-refractivity contribution in [2.75, 3.05) is 0 Å². The molecular formula is C17H12N2O3. The van der Waals surface area contributed by atoms with Crippen LogP contribution in [0.25, 0.3) is 23.1 Å². The van der Waals surface area contributed by atoms with E-state index in [1.165, 1.54) is 18.2 Å². The van der Waals surface area contributed by atoms with Crippen molar-refractivity contribution in [3.8, 4) is 0 Å². The van der Waals surface area contributed by atoms with Crippen molar-refractivity contribution in [2.24, 2.45) is 0 Å². The lowest BCUT2D eigenvalue weighted by molar-refractivity contribution is 0.0697. The molecule has 0 amide bonds. The van der Waals surface area contributed by atoms with Crippen molar-refractivity contribution in [3.05, 3.63) is 75.8 Å². The number of nitrogens with one attached hydrogen (secondary N) is 1. The van der Waals surface area contributed by atoms with E-state index in [-0.39, 0.29) is 11.1 Å². The third-order valence-corrected chi connectivity index (χ3v) is 3.21. The van der Waals surface area contributed by atoms with Crippen molar-refractivity contribution >= 4 is 29.0 Å². The van der Waals surface area contributed by atoms with E-state index in [9.17, 15) is 9.59 Å². The van der Waals surface area contributed by atoms with Gasteiger partial charge in [0.25, 0.3) is 5.56 Å². The minimum atomic E-state index is -1.05. The van der Waals surface area contributed by atoms with Crippen LogP contribution in [-0.2, 0) is 0 Å². The van der Waals surface area contributed by atoms with E-state index in [1.54, 1.807) is 6.08 Å². The van der Waals surface area contributed by atoms with Crippen LogP contribution in [0.1, 0.15) is 21.7 Å². The highest BCUT2D eigenvalue weighted by Gasteiger charge is 2.07. The van der Waals surface area contributed by atoms with Gasteiger partial charge in [0.2, 0.25) is 0 Å². The molecular weight excluding hydrogens is 280 g/mol. The van der Waals surface area contributed by atoms with Gasteiger partial charge in [0, 0.05) is 0 Å². The Morgan fingerprint density at radius 1 is 1.09 bits per heavy atom. The molecule has 0 radical (unpaired) electrons. The Balaban J connectivity index is 2.06. The Hall–Kier alpha value is -3.21. The van der Waals surface area contributed by atoms with Crippen LogP contribution in [0.15, 0.2) is 53.3 Å². The van der Waals surface area contributed by atoms with Crippen LogP contribution in [0.4, 0.5) is 0 Å². The van der Waals surface area contributed by atoms with Crippen LogP contribution >= 0.6 is 0 Å². The summed E-state index contributed by atoms with van der Waals surface area (Å²) in [6, 6.07) is 13.9. The normalized spacial score (nSPS) is 11.1. The van der Waals surface area contributed by atoms with Gasteiger partial charge in [0.15, 0.2) is 0 Å². The minimum absolute atomic E-state index is 0.101. The lowest BCUT2D eigenvalue weighted by Gasteiger charge is -2.01. The van der Waals surface area contributed by atoms with Gasteiger partial charge < -0.3 is 10.1 Å². The summed E-state index contributed by atoms with van der Waals surface area (Å²) >= 11 is 0. The molecule has 5 nitrogen and oxygen atoms in total. The van der Waals surface area contributed by atoms with Gasteiger partial charge in [-0.2, -0.15) is 0 Å². The van der Waals surface area contributed by atoms with Gasteiger partial charge in [-0.05, 0) is 29.8 Å². The maximum absolute atomic E-state index is 12.0. The Kier molecular flexibility index (Phi) is 3.53. The van der Waals surface area contributed by atoms with Gasteiger partial charge in [0.1, 0.15) is 5.82 Å².